The highest BCUT2D eigenvalue weighted by Crippen LogP contribution is 2.30. The Morgan fingerprint density at radius 1 is 0.952 bits per heavy atom. The molecule has 21 heavy (non-hydrogen) atoms. The summed E-state index contributed by atoms with van der Waals surface area (Å²) in [7, 11) is 0. The molecule has 0 aliphatic carbocycles. The molecule has 2 aromatic carbocycles. The van der Waals surface area contributed by atoms with Crippen LogP contribution in [-0.4, -0.2) is 0 Å². The van der Waals surface area contributed by atoms with Gasteiger partial charge in [0.25, 0.3) is 0 Å². The number of hydrogen-bond donors (Lipinski definition) is 1. The molecule has 0 aliphatic heterocycles. The number of benzene rings is 2. The normalized spacial score (nSPS) is 11.5. The number of nitrogens with one attached hydrogen (secondary N) is 1. The van der Waals surface area contributed by atoms with E-state index in [4.69, 9.17) is 0 Å². The van der Waals surface area contributed by atoms with Gasteiger partial charge in [-0.05, 0) is 64.6 Å². The first-order chi connectivity index (χ1) is 9.75. The number of rotatable bonds is 3. The lowest BCUT2D eigenvalue weighted by molar-refractivity contribution is -0.137. The number of alkyl halides is 3. The van der Waals surface area contributed by atoms with Gasteiger partial charge in [-0.1, -0.05) is 0 Å². The third kappa shape index (κ3) is 4.29. The Morgan fingerprint density at radius 2 is 1.67 bits per heavy atom. The van der Waals surface area contributed by atoms with Crippen LogP contribution in [0.2, 0.25) is 0 Å². The zero-order valence-corrected chi connectivity index (χ0v) is 12.6. The molecule has 0 fully saturated rings. The fourth-order valence-electron chi connectivity index (χ4n) is 1.75. The molecule has 0 aliphatic rings. The number of halogens is 6. The van der Waals surface area contributed by atoms with Crippen molar-refractivity contribution in [1.82, 2.24) is 0 Å². The summed E-state index contributed by atoms with van der Waals surface area (Å²) >= 11 is 1.90. The first-order valence-corrected chi connectivity index (χ1v) is 6.89. The summed E-state index contributed by atoms with van der Waals surface area (Å²) in [5.41, 5.74) is -0.314. The van der Waals surface area contributed by atoms with Gasteiger partial charge in [-0.15, -0.1) is 0 Å². The predicted octanol–water partition coefficient (Wildman–Crippen LogP) is 5.20. The molecular formula is C14H9F5IN. The highest BCUT2D eigenvalue weighted by Gasteiger charge is 2.31. The van der Waals surface area contributed by atoms with Crippen molar-refractivity contribution in [2.75, 3.05) is 5.32 Å². The van der Waals surface area contributed by atoms with Crippen LogP contribution in [0.3, 0.4) is 0 Å². The molecule has 1 N–H and O–H groups in total. The molecule has 0 amide bonds. The van der Waals surface area contributed by atoms with Crippen molar-refractivity contribution in [3.05, 3.63) is 62.7 Å². The van der Waals surface area contributed by atoms with Gasteiger partial charge in [0.05, 0.1) is 5.56 Å². The van der Waals surface area contributed by atoms with Crippen LogP contribution in [0.1, 0.15) is 11.1 Å². The summed E-state index contributed by atoms with van der Waals surface area (Å²) in [6.45, 7) is 0.00245. The van der Waals surface area contributed by atoms with Crippen molar-refractivity contribution in [2.24, 2.45) is 0 Å². The van der Waals surface area contributed by atoms with Crippen LogP contribution in [-0.2, 0) is 12.7 Å². The molecular weight excluding hydrogens is 404 g/mol. The lowest BCUT2D eigenvalue weighted by atomic mass is 10.1. The predicted molar refractivity (Wildman–Crippen MR) is 77.8 cm³/mol. The summed E-state index contributed by atoms with van der Waals surface area (Å²) < 4.78 is 64.5. The van der Waals surface area contributed by atoms with E-state index >= 15 is 0 Å². The van der Waals surface area contributed by atoms with Gasteiger partial charge < -0.3 is 5.32 Å². The molecule has 0 spiro atoms. The zero-order valence-electron chi connectivity index (χ0n) is 10.4. The van der Waals surface area contributed by atoms with Gasteiger partial charge in [-0.2, -0.15) is 13.2 Å². The van der Waals surface area contributed by atoms with Gasteiger partial charge in [0.1, 0.15) is 11.6 Å². The summed E-state index contributed by atoms with van der Waals surface area (Å²) in [6, 6.07) is 6.35. The topological polar surface area (TPSA) is 12.0 Å². The van der Waals surface area contributed by atoms with Gasteiger partial charge in [0, 0.05) is 15.8 Å². The molecule has 0 bridgehead atoms. The third-order valence-electron chi connectivity index (χ3n) is 2.70. The molecule has 1 nitrogen and oxygen atoms in total. The molecule has 0 saturated carbocycles. The lowest BCUT2D eigenvalue weighted by Gasteiger charge is -2.12. The quantitative estimate of drug-likeness (QED) is 0.539. The SMILES string of the molecule is Fc1cc(CNc2ccc(F)cc2I)cc(C(F)(F)F)c1. The first-order valence-electron chi connectivity index (χ1n) is 5.81. The van der Waals surface area contributed by atoms with Crippen molar-refractivity contribution in [3.8, 4) is 0 Å². The van der Waals surface area contributed by atoms with E-state index in [1.807, 2.05) is 22.6 Å². The fraction of sp³-hybridized carbons (Fsp3) is 0.143. The van der Waals surface area contributed by atoms with Crippen LogP contribution in [0, 0.1) is 15.2 Å². The van der Waals surface area contributed by atoms with Gasteiger partial charge >= 0.3 is 6.18 Å². The van der Waals surface area contributed by atoms with Crippen molar-refractivity contribution in [1.29, 1.82) is 0 Å². The molecule has 0 unspecified atom stereocenters. The maximum absolute atomic E-state index is 13.2. The average Bonchev–Trinajstić information content (AvgIpc) is 2.36. The second-order valence-electron chi connectivity index (χ2n) is 4.32. The molecule has 0 aromatic heterocycles. The van der Waals surface area contributed by atoms with Crippen LogP contribution < -0.4 is 5.32 Å². The summed E-state index contributed by atoms with van der Waals surface area (Å²) in [5.74, 6) is -1.36. The van der Waals surface area contributed by atoms with E-state index in [2.05, 4.69) is 5.32 Å². The highest BCUT2D eigenvalue weighted by atomic mass is 127. The van der Waals surface area contributed by atoms with Gasteiger partial charge in [-0.3, -0.25) is 0 Å². The van der Waals surface area contributed by atoms with Gasteiger partial charge in [0.15, 0.2) is 0 Å². The Kier molecular flexibility index (Phi) is 4.70. The van der Waals surface area contributed by atoms with Crippen LogP contribution in [0.15, 0.2) is 36.4 Å². The van der Waals surface area contributed by atoms with Crippen LogP contribution >= 0.6 is 22.6 Å². The molecule has 7 heteroatoms. The first kappa shape index (κ1) is 16.0. The van der Waals surface area contributed by atoms with Crippen molar-refractivity contribution in [3.63, 3.8) is 0 Å². The maximum Gasteiger partial charge on any atom is 0.416 e. The smallest absolute Gasteiger partial charge is 0.380 e. The largest absolute Gasteiger partial charge is 0.416 e. The third-order valence-corrected chi connectivity index (χ3v) is 3.59. The van der Waals surface area contributed by atoms with E-state index in [1.54, 1.807) is 0 Å². The molecule has 2 aromatic rings. The monoisotopic (exact) mass is 413 g/mol. The van der Waals surface area contributed by atoms with Crippen molar-refractivity contribution < 1.29 is 22.0 Å². The highest BCUT2D eigenvalue weighted by molar-refractivity contribution is 14.1. The Balaban J connectivity index is 2.18. The standard InChI is InChI=1S/C14H9F5IN/c15-10-1-2-13(12(20)6-10)21-7-8-3-9(14(17,18)19)5-11(16)4-8/h1-6,21H,7H2. The van der Waals surface area contributed by atoms with E-state index in [1.165, 1.54) is 18.2 Å². The minimum absolute atomic E-state index is 0.00245. The van der Waals surface area contributed by atoms with Crippen molar-refractivity contribution in [2.45, 2.75) is 12.7 Å². The second kappa shape index (κ2) is 6.17. The Morgan fingerprint density at radius 3 is 2.29 bits per heavy atom. The Hall–Kier alpha value is -1.38. The molecule has 0 atom stereocenters. The average molecular weight is 413 g/mol. The molecule has 112 valence electrons. The van der Waals surface area contributed by atoms with Gasteiger partial charge in [0.2, 0.25) is 0 Å². The fourth-order valence-corrected chi connectivity index (χ4v) is 2.41. The van der Waals surface area contributed by atoms with Crippen molar-refractivity contribution >= 4 is 28.3 Å². The zero-order chi connectivity index (χ0) is 15.6. The van der Waals surface area contributed by atoms with E-state index in [0.29, 0.717) is 15.3 Å². The molecule has 2 rings (SSSR count). The minimum atomic E-state index is -4.60. The van der Waals surface area contributed by atoms with Crippen LogP contribution in [0.4, 0.5) is 27.6 Å². The molecule has 0 heterocycles. The van der Waals surface area contributed by atoms with E-state index < -0.39 is 23.4 Å². The Bertz CT molecular complexity index is 654. The van der Waals surface area contributed by atoms with E-state index in [-0.39, 0.29) is 12.1 Å². The van der Waals surface area contributed by atoms with Crippen LogP contribution in [0.5, 0.6) is 0 Å². The Labute approximate surface area is 131 Å². The summed E-state index contributed by atoms with van der Waals surface area (Å²) in [5, 5.41) is 2.85. The summed E-state index contributed by atoms with van der Waals surface area (Å²) in [4.78, 5) is 0. The minimum Gasteiger partial charge on any atom is -0.380 e. The molecule has 0 radical (unpaired) electrons. The number of hydrogen-bond acceptors (Lipinski definition) is 1. The van der Waals surface area contributed by atoms with Gasteiger partial charge in [-0.25, -0.2) is 8.78 Å². The summed E-state index contributed by atoms with van der Waals surface area (Å²) in [6.07, 6.45) is -4.60. The maximum atomic E-state index is 13.2. The molecule has 0 saturated heterocycles. The van der Waals surface area contributed by atoms with E-state index in [0.717, 1.165) is 12.1 Å². The second-order valence-corrected chi connectivity index (χ2v) is 5.49. The number of anilines is 1. The lowest BCUT2D eigenvalue weighted by Crippen LogP contribution is -2.08. The van der Waals surface area contributed by atoms with Crippen LogP contribution in [0.25, 0.3) is 0 Å². The van der Waals surface area contributed by atoms with E-state index in [9.17, 15) is 22.0 Å².